The van der Waals surface area contributed by atoms with Crippen molar-refractivity contribution in [2.45, 2.75) is 49.2 Å². The molecule has 3 aliphatic rings. The van der Waals surface area contributed by atoms with Crippen molar-refractivity contribution < 1.29 is 42.7 Å². The van der Waals surface area contributed by atoms with Crippen LogP contribution in [0.15, 0.2) is 71.8 Å². The molecule has 1 aromatic heterocycles. The topological polar surface area (TPSA) is 203 Å². The molecule has 346 valence electrons. The van der Waals surface area contributed by atoms with Crippen LogP contribution >= 0.6 is 30.5 Å². The number of amides is 4. The van der Waals surface area contributed by atoms with Crippen molar-refractivity contribution in [2.24, 2.45) is 0 Å². The van der Waals surface area contributed by atoms with E-state index in [4.69, 9.17) is 30.5 Å². The van der Waals surface area contributed by atoms with Gasteiger partial charge < -0.3 is 49.3 Å². The lowest BCUT2D eigenvalue weighted by atomic mass is 10.0. The molecule has 4 amide bonds. The Bertz CT molecular complexity index is 2420. The summed E-state index contributed by atoms with van der Waals surface area (Å²) in [6, 6.07) is 18.2. The lowest BCUT2D eigenvalue weighted by Crippen LogP contribution is -2.52. The number of piperidine rings is 2. The van der Waals surface area contributed by atoms with E-state index in [1.54, 1.807) is 43.2 Å². The normalized spacial score (nSPS) is 16.6. The zero-order valence-corrected chi connectivity index (χ0v) is 39.1. The maximum Gasteiger partial charge on any atom is 0.255 e. The van der Waals surface area contributed by atoms with Crippen LogP contribution in [-0.4, -0.2) is 130 Å². The van der Waals surface area contributed by atoms with Crippen LogP contribution in [0.3, 0.4) is 0 Å². The molecular formula is C45H54ClN8O9PS. The van der Waals surface area contributed by atoms with Crippen LogP contribution < -0.4 is 36.2 Å². The van der Waals surface area contributed by atoms with Gasteiger partial charge in [0.2, 0.25) is 23.7 Å². The molecule has 4 heterocycles. The average molecular weight is 949 g/mol. The summed E-state index contributed by atoms with van der Waals surface area (Å²) in [4.78, 5) is 63.4. The molecule has 2 fully saturated rings. The van der Waals surface area contributed by atoms with Crippen molar-refractivity contribution in [3.05, 3.63) is 83.0 Å². The standard InChI is InChI=1S/C45H54ClN8O9PS/c1-60-37-25-30(11-12-34(37)50-45-47-26-33(46)42(52-45)49-35-8-4-5-9-38(35)64(2,3)59)53-17-15-29(16-18-53)48-41(56)28-63-22-21-61-19-20-62-23-24-65-39-10-6-7-31-32(39)27-54(44(31)58)36-13-14-40(55)51-43(36)57/h4-12,25-26,29,36H,13-24,27-28H2,1-3H3,(H,48,56)(H,51,55,57)(H2,47,49,50,52). The summed E-state index contributed by atoms with van der Waals surface area (Å²) in [5.74, 6) is 0.866. The predicted octanol–water partition coefficient (Wildman–Crippen LogP) is 5.56. The molecule has 3 aromatic carbocycles. The van der Waals surface area contributed by atoms with Gasteiger partial charge in [-0.2, -0.15) is 4.98 Å². The van der Waals surface area contributed by atoms with Gasteiger partial charge in [0.05, 0.1) is 57.7 Å². The third-order valence-corrected chi connectivity index (χ3v) is 14.0. The first-order valence-corrected chi connectivity index (χ1v) is 25.4. The fourth-order valence-corrected chi connectivity index (χ4v) is 10.1. The number of rotatable bonds is 21. The Balaban J connectivity index is 0.752. The Labute approximate surface area is 387 Å². The molecule has 4 aromatic rings. The molecule has 65 heavy (non-hydrogen) atoms. The van der Waals surface area contributed by atoms with E-state index in [1.807, 2.05) is 54.6 Å². The molecule has 4 N–H and O–H groups in total. The second kappa shape index (κ2) is 22.3. The summed E-state index contributed by atoms with van der Waals surface area (Å²) >= 11 is 8.04. The van der Waals surface area contributed by atoms with Gasteiger partial charge in [-0.3, -0.25) is 24.5 Å². The summed E-state index contributed by atoms with van der Waals surface area (Å²) in [6.07, 6.45) is 3.59. The highest BCUT2D eigenvalue weighted by Crippen LogP contribution is 2.39. The summed E-state index contributed by atoms with van der Waals surface area (Å²) in [5.41, 5.74) is 3.80. The van der Waals surface area contributed by atoms with Crippen LogP contribution in [0, 0.1) is 0 Å². The fourth-order valence-electron chi connectivity index (χ4n) is 7.85. The molecule has 7 rings (SSSR count). The third-order valence-electron chi connectivity index (χ3n) is 11.1. The van der Waals surface area contributed by atoms with Crippen LogP contribution in [0.25, 0.3) is 0 Å². The largest absolute Gasteiger partial charge is 0.494 e. The summed E-state index contributed by atoms with van der Waals surface area (Å²) in [5, 5.41) is 12.9. The number of imide groups is 1. The Morgan fingerprint density at radius 3 is 2.43 bits per heavy atom. The number of aromatic nitrogens is 2. The minimum atomic E-state index is -2.57. The number of halogens is 1. The molecular weight excluding hydrogens is 895 g/mol. The van der Waals surface area contributed by atoms with Gasteiger partial charge >= 0.3 is 0 Å². The number of nitrogens with zero attached hydrogens (tertiary/aromatic N) is 4. The molecule has 20 heteroatoms. The number of ether oxygens (including phenoxy) is 4. The molecule has 0 radical (unpaired) electrons. The highest BCUT2D eigenvalue weighted by molar-refractivity contribution is 7.99. The third kappa shape index (κ3) is 12.6. The maximum absolute atomic E-state index is 13.1. The van der Waals surface area contributed by atoms with E-state index in [1.165, 1.54) is 6.20 Å². The van der Waals surface area contributed by atoms with Gasteiger partial charge in [-0.15, -0.1) is 11.8 Å². The number of anilines is 5. The molecule has 3 aliphatic heterocycles. The van der Waals surface area contributed by atoms with E-state index in [2.05, 4.69) is 36.1 Å². The zero-order valence-electron chi connectivity index (χ0n) is 36.6. The number of benzene rings is 3. The first-order chi connectivity index (χ1) is 31.4. The Kier molecular flexibility index (Phi) is 16.4. The Morgan fingerprint density at radius 2 is 1.68 bits per heavy atom. The van der Waals surface area contributed by atoms with Gasteiger partial charge in [-0.05, 0) is 74.6 Å². The molecule has 0 aliphatic carbocycles. The second-order valence-corrected chi connectivity index (χ2v) is 20.8. The number of fused-ring (bicyclic) bond motifs is 1. The molecule has 1 atom stereocenters. The number of hydrogen-bond acceptors (Lipinski definition) is 15. The number of hydrogen-bond donors (Lipinski definition) is 4. The van der Waals surface area contributed by atoms with E-state index in [0.29, 0.717) is 89.9 Å². The highest BCUT2D eigenvalue weighted by Gasteiger charge is 2.40. The van der Waals surface area contributed by atoms with Crippen molar-refractivity contribution in [1.82, 2.24) is 25.5 Å². The molecule has 0 bridgehead atoms. The minimum absolute atomic E-state index is 0.0352. The molecule has 2 saturated heterocycles. The molecule has 0 spiro atoms. The van der Waals surface area contributed by atoms with Crippen molar-refractivity contribution in [3.8, 4) is 5.75 Å². The smallest absolute Gasteiger partial charge is 0.255 e. The Hall–Kier alpha value is -5.23. The lowest BCUT2D eigenvalue weighted by molar-refractivity contribution is -0.137. The summed E-state index contributed by atoms with van der Waals surface area (Å²) in [6.45, 7) is 7.09. The molecule has 0 saturated carbocycles. The van der Waals surface area contributed by atoms with E-state index in [-0.39, 0.29) is 43.4 Å². The predicted molar refractivity (Wildman–Crippen MR) is 251 cm³/mol. The maximum atomic E-state index is 13.1. The van der Waals surface area contributed by atoms with Crippen LogP contribution in [0.4, 0.5) is 28.8 Å². The van der Waals surface area contributed by atoms with E-state index in [9.17, 15) is 23.7 Å². The fraction of sp³-hybridized carbons (Fsp3) is 0.422. The number of methoxy groups -OCH3 is 1. The van der Waals surface area contributed by atoms with E-state index < -0.39 is 19.1 Å². The second-order valence-electron chi connectivity index (χ2n) is 16.0. The van der Waals surface area contributed by atoms with Gasteiger partial charge in [0.15, 0.2) is 5.82 Å². The van der Waals surface area contributed by atoms with Gasteiger partial charge in [-0.1, -0.05) is 29.8 Å². The number of carbonyl (C=O) groups is 4. The molecule has 1 unspecified atom stereocenters. The van der Waals surface area contributed by atoms with Gasteiger partial charge in [0.1, 0.15) is 30.6 Å². The zero-order chi connectivity index (χ0) is 45.9. The lowest BCUT2D eigenvalue weighted by Gasteiger charge is -2.34. The SMILES string of the molecule is COc1cc(N2CCC(NC(=O)COCCOCCOCCSc3cccc4c3CN(C3CCC(=O)NC3=O)C4=O)CC2)ccc1Nc1ncc(Cl)c(Nc2ccccc2P(C)(C)=O)n1. The van der Waals surface area contributed by atoms with Crippen molar-refractivity contribution in [2.75, 3.05) is 94.5 Å². The van der Waals surface area contributed by atoms with Crippen LogP contribution in [-0.2, 0) is 39.7 Å². The van der Waals surface area contributed by atoms with Crippen molar-refractivity contribution >= 4 is 88.3 Å². The van der Waals surface area contributed by atoms with E-state index in [0.717, 1.165) is 42.1 Å². The minimum Gasteiger partial charge on any atom is -0.494 e. The van der Waals surface area contributed by atoms with Crippen molar-refractivity contribution in [3.63, 3.8) is 0 Å². The van der Waals surface area contributed by atoms with Crippen molar-refractivity contribution in [1.29, 1.82) is 0 Å². The Morgan fingerprint density at radius 1 is 0.923 bits per heavy atom. The first-order valence-electron chi connectivity index (χ1n) is 21.4. The van der Waals surface area contributed by atoms with Crippen LogP contribution in [0.5, 0.6) is 5.75 Å². The first kappa shape index (κ1) is 47.7. The van der Waals surface area contributed by atoms with E-state index >= 15 is 0 Å². The van der Waals surface area contributed by atoms with Crippen LogP contribution in [0.2, 0.25) is 5.02 Å². The average Bonchev–Trinajstić information content (AvgIpc) is 3.62. The van der Waals surface area contributed by atoms with Gasteiger partial charge in [0, 0.05) is 65.4 Å². The summed E-state index contributed by atoms with van der Waals surface area (Å²) < 4.78 is 35.5. The number of nitrogens with one attached hydrogen (secondary N) is 4. The van der Waals surface area contributed by atoms with Gasteiger partial charge in [0.25, 0.3) is 5.91 Å². The number of para-hydroxylation sites is 1. The summed E-state index contributed by atoms with van der Waals surface area (Å²) in [7, 11) is -0.964. The number of thioether (sulfide) groups is 1. The van der Waals surface area contributed by atoms with Crippen LogP contribution in [0.1, 0.15) is 41.6 Å². The monoisotopic (exact) mass is 948 g/mol. The highest BCUT2D eigenvalue weighted by atomic mass is 35.5. The number of carbonyl (C=O) groups excluding carboxylic acids is 4. The quantitative estimate of drug-likeness (QED) is 0.0350. The van der Waals surface area contributed by atoms with Gasteiger partial charge in [-0.25, -0.2) is 4.98 Å². The molecule has 17 nitrogen and oxygen atoms in total.